The largest absolute Gasteiger partial charge is 0.383 e. The highest BCUT2D eigenvalue weighted by atomic mass is 16.1. The van der Waals surface area contributed by atoms with Crippen LogP contribution in [0.5, 0.6) is 0 Å². The second kappa shape index (κ2) is 4.59. The molecule has 0 aromatic carbocycles. The molecule has 4 saturated carbocycles. The van der Waals surface area contributed by atoms with Gasteiger partial charge in [-0.15, -0.1) is 0 Å². The van der Waals surface area contributed by atoms with Crippen LogP contribution in [0.2, 0.25) is 0 Å². The first kappa shape index (κ1) is 13.4. The molecule has 0 amide bonds. The third-order valence-corrected chi connectivity index (χ3v) is 6.09. The summed E-state index contributed by atoms with van der Waals surface area (Å²) in [4.78, 5) is 20.1. The second-order valence-corrected chi connectivity index (χ2v) is 7.73. The normalized spacial score (nSPS) is 37.1. The Kier molecular flexibility index (Phi) is 2.92. The highest BCUT2D eigenvalue weighted by Gasteiger charge is 2.53. The summed E-state index contributed by atoms with van der Waals surface area (Å²) in [5, 5.41) is 0. The van der Waals surface area contributed by atoms with Gasteiger partial charge < -0.3 is 10.7 Å². The summed E-state index contributed by atoms with van der Waals surface area (Å²) in [5.41, 5.74) is 6.88. The van der Waals surface area contributed by atoms with E-state index in [1.165, 1.54) is 38.5 Å². The fraction of sp³-hybridized carbons (Fsp3) is 0.765. The highest BCUT2D eigenvalue weighted by Crippen LogP contribution is 2.60. The van der Waals surface area contributed by atoms with Crippen molar-refractivity contribution in [2.45, 2.75) is 63.7 Å². The molecule has 0 radical (unpaired) electrons. The van der Waals surface area contributed by atoms with Crippen molar-refractivity contribution < 1.29 is 0 Å². The second-order valence-electron chi connectivity index (χ2n) is 7.73. The summed E-state index contributed by atoms with van der Waals surface area (Å²) >= 11 is 0. The molecule has 1 aromatic rings. The van der Waals surface area contributed by atoms with E-state index in [2.05, 4.69) is 16.9 Å². The third kappa shape index (κ3) is 2.02. The summed E-state index contributed by atoms with van der Waals surface area (Å²) in [6.07, 6.45) is 9.44. The first-order valence-corrected chi connectivity index (χ1v) is 8.49. The number of hydrogen-bond acceptors (Lipinski definition) is 3. The van der Waals surface area contributed by atoms with Gasteiger partial charge in [-0.3, -0.25) is 4.79 Å². The molecule has 4 fully saturated rings. The molecule has 0 spiro atoms. The number of nitrogens with one attached hydrogen (secondary N) is 1. The van der Waals surface area contributed by atoms with Gasteiger partial charge in [-0.25, -0.2) is 4.98 Å². The zero-order valence-corrected chi connectivity index (χ0v) is 12.8. The standard InChI is InChI=1S/C17H25N3O/c1-2-3-13-14(18)19-16(20-15(13)21)17-7-10-4-11(8-17)6-12(5-10)9-17/h10-12H,2-9H2,1H3,(H3,18,19,20,21). The maximum Gasteiger partial charge on any atom is 0.256 e. The average molecular weight is 287 g/mol. The van der Waals surface area contributed by atoms with E-state index in [1.807, 2.05) is 0 Å². The molecule has 4 bridgehead atoms. The van der Waals surface area contributed by atoms with Crippen LogP contribution in [0.4, 0.5) is 5.82 Å². The van der Waals surface area contributed by atoms with E-state index in [-0.39, 0.29) is 11.0 Å². The van der Waals surface area contributed by atoms with Crippen LogP contribution >= 0.6 is 0 Å². The Morgan fingerprint density at radius 2 is 1.76 bits per heavy atom. The van der Waals surface area contributed by atoms with Crippen LogP contribution in [0, 0.1) is 17.8 Å². The number of anilines is 1. The molecule has 0 unspecified atom stereocenters. The monoisotopic (exact) mass is 287 g/mol. The Bertz CT molecular complexity index is 584. The van der Waals surface area contributed by atoms with Crippen molar-refractivity contribution >= 4 is 5.82 Å². The lowest BCUT2D eigenvalue weighted by molar-refractivity contribution is -0.00945. The van der Waals surface area contributed by atoms with E-state index in [4.69, 9.17) is 5.73 Å². The molecule has 0 saturated heterocycles. The van der Waals surface area contributed by atoms with Gasteiger partial charge in [0.2, 0.25) is 0 Å². The van der Waals surface area contributed by atoms with Crippen molar-refractivity contribution in [3.8, 4) is 0 Å². The highest BCUT2D eigenvalue weighted by molar-refractivity contribution is 5.39. The summed E-state index contributed by atoms with van der Waals surface area (Å²) in [6.45, 7) is 2.06. The number of nitrogens with two attached hydrogens (primary N) is 1. The molecule has 21 heavy (non-hydrogen) atoms. The fourth-order valence-corrected chi connectivity index (χ4v) is 5.66. The van der Waals surface area contributed by atoms with Gasteiger partial charge in [0, 0.05) is 5.41 Å². The van der Waals surface area contributed by atoms with Gasteiger partial charge in [-0.1, -0.05) is 13.3 Å². The fourth-order valence-electron chi connectivity index (χ4n) is 5.66. The van der Waals surface area contributed by atoms with Crippen LogP contribution in [-0.2, 0) is 11.8 Å². The number of aromatic amines is 1. The molecule has 4 heteroatoms. The van der Waals surface area contributed by atoms with Gasteiger partial charge in [0.1, 0.15) is 11.6 Å². The smallest absolute Gasteiger partial charge is 0.256 e. The summed E-state index contributed by atoms with van der Waals surface area (Å²) < 4.78 is 0. The van der Waals surface area contributed by atoms with Gasteiger partial charge in [0.05, 0.1) is 5.56 Å². The minimum atomic E-state index is -0.00454. The van der Waals surface area contributed by atoms with Crippen molar-refractivity contribution in [2.24, 2.45) is 17.8 Å². The van der Waals surface area contributed by atoms with Gasteiger partial charge in [-0.2, -0.15) is 0 Å². The van der Waals surface area contributed by atoms with E-state index in [1.54, 1.807) is 0 Å². The Balaban J connectivity index is 1.75. The predicted octanol–water partition coefficient (Wildman–Crippen LogP) is 2.77. The summed E-state index contributed by atoms with van der Waals surface area (Å²) in [7, 11) is 0. The minimum absolute atomic E-state index is 0.00454. The van der Waals surface area contributed by atoms with Crippen molar-refractivity contribution in [3.05, 3.63) is 21.7 Å². The molecular weight excluding hydrogens is 262 g/mol. The van der Waals surface area contributed by atoms with E-state index < -0.39 is 0 Å². The maximum absolute atomic E-state index is 12.4. The van der Waals surface area contributed by atoms with Crippen molar-refractivity contribution in [1.29, 1.82) is 0 Å². The Morgan fingerprint density at radius 3 is 2.24 bits per heavy atom. The quantitative estimate of drug-likeness (QED) is 0.898. The number of aromatic nitrogens is 2. The Labute approximate surface area is 125 Å². The molecule has 5 rings (SSSR count). The molecule has 0 aliphatic heterocycles. The van der Waals surface area contributed by atoms with Gasteiger partial charge in [0.15, 0.2) is 0 Å². The van der Waals surface area contributed by atoms with Crippen LogP contribution in [0.15, 0.2) is 4.79 Å². The zero-order valence-electron chi connectivity index (χ0n) is 12.8. The molecule has 4 aliphatic rings. The van der Waals surface area contributed by atoms with Crippen molar-refractivity contribution in [1.82, 2.24) is 9.97 Å². The lowest BCUT2D eigenvalue weighted by Gasteiger charge is -2.56. The first-order valence-electron chi connectivity index (χ1n) is 8.49. The van der Waals surface area contributed by atoms with Crippen molar-refractivity contribution in [2.75, 3.05) is 5.73 Å². The van der Waals surface area contributed by atoms with Crippen molar-refractivity contribution in [3.63, 3.8) is 0 Å². The van der Waals surface area contributed by atoms with E-state index in [0.29, 0.717) is 11.4 Å². The SMILES string of the molecule is CCCc1c(N)nc(C23CC4CC(CC(C4)C2)C3)[nH]c1=O. The topological polar surface area (TPSA) is 71.8 Å². The van der Waals surface area contributed by atoms with Gasteiger partial charge in [-0.05, 0) is 62.7 Å². The molecule has 3 N–H and O–H groups in total. The number of H-pyrrole nitrogens is 1. The summed E-state index contributed by atoms with van der Waals surface area (Å²) in [5.74, 6) is 3.89. The van der Waals surface area contributed by atoms with Crippen LogP contribution < -0.4 is 11.3 Å². The molecular formula is C17H25N3O. The third-order valence-electron chi connectivity index (χ3n) is 6.09. The average Bonchev–Trinajstić information content (AvgIpc) is 2.41. The van der Waals surface area contributed by atoms with Gasteiger partial charge >= 0.3 is 0 Å². The Hall–Kier alpha value is -1.32. The number of rotatable bonds is 3. The molecule has 1 heterocycles. The van der Waals surface area contributed by atoms with Crippen LogP contribution in [-0.4, -0.2) is 9.97 Å². The van der Waals surface area contributed by atoms with Crippen LogP contribution in [0.3, 0.4) is 0 Å². The molecule has 1 aromatic heterocycles. The van der Waals surface area contributed by atoms with E-state index >= 15 is 0 Å². The molecule has 4 aliphatic carbocycles. The lowest BCUT2D eigenvalue weighted by Crippen LogP contribution is -2.50. The number of nitrogen functional groups attached to an aromatic ring is 1. The predicted molar refractivity (Wildman–Crippen MR) is 83.1 cm³/mol. The van der Waals surface area contributed by atoms with E-state index in [0.717, 1.165) is 36.4 Å². The minimum Gasteiger partial charge on any atom is -0.383 e. The molecule has 4 nitrogen and oxygen atoms in total. The van der Waals surface area contributed by atoms with Crippen LogP contribution in [0.25, 0.3) is 0 Å². The number of nitrogens with zero attached hydrogens (tertiary/aromatic N) is 1. The maximum atomic E-state index is 12.4. The van der Waals surface area contributed by atoms with Crippen LogP contribution in [0.1, 0.15) is 63.3 Å². The molecule has 114 valence electrons. The zero-order chi connectivity index (χ0) is 14.6. The summed E-state index contributed by atoms with van der Waals surface area (Å²) in [6, 6.07) is 0. The Morgan fingerprint density at radius 1 is 1.19 bits per heavy atom. The lowest BCUT2D eigenvalue weighted by atomic mass is 9.49. The van der Waals surface area contributed by atoms with E-state index in [9.17, 15) is 4.79 Å². The van der Waals surface area contributed by atoms with Gasteiger partial charge in [0.25, 0.3) is 5.56 Å². The molecule has 0 atom stereocenters. The number of hydrogen-bond donors (Lipinski definition) is 2. The first-order chi connectivity index (χ1) is 10.1.